The number of thiophene rings is 1. The van der Waals surface area contributed by atoms with Gasteiger partial charge in [0.1, 0.15) is 0 Å². The molecule has 0 bridgehead atoms. The first-order chi connectivity index (χ1) is 8.79. The van der Waals surface area contributed by atoms with Crippen LogP contribution < -0.4 is 5.32 Å². The van der Waals surface area contributed by atoms with Crippen LogP contribution in [0.4, 0.5) is 0 Å². The van der Waals surface area contributed by atoms with Crippen molar-refractivity contribution in [1.29, 1.82) is 0 Å². The van der Waals surface area contributed by atoms with Crippen LogP contribution >= 0.6 is 33.9 Å². The number of hydrogen-bond acceptors (Lipinski definition) is 2. The highest BCUT2D eigenvalue weighted by molar-refractivity contribution is 14.1. The largest absolute Gasteiger partial charge is 0.310 e. The molecule has 0 saturated heterocycles. The van der Waals surface area contributed by atoms with Gasteiger partial charge in [-0.05, 0) is 82.1 Å². The van der Waals surface area contributed by atoms with E-state index in [0.717, 1.165) is 13.0 Å². The second kappa shape index (κ2) is 7.26. The molecule has 1 aromatic carbocycles. The molecule has 1 heterocycles. The van der Waals surface area contributed by atoms with Crippen molar-refractivity contribution in [2.75, 3.05) is 6.54 Å². The normalized spacial score (nSPS) is 12.6. The third-order valence-electron chi connectivity index (χ3n) is 2.91. The van der Waals surface area contributed by atoms with Crippen LogP contribution in [0.3, 0.4) is 0 Å². The van der Waals surface area contributed by atoms with Crippen LogP contribution in [0.25, 0.3) is 0 Å². The summed E-state index contributed by atoms with van der Waals surface area (Å²) in [5.74, 6) is 0. The Morgan fingerprint density at radius 1 is 1.33 bits per heavy atom. The molecule has 0 aliphatic heterocycles. The first kappa shape index (κ1) is 14.0. The summed E-state index contributed by atoms with van der Waals surface area (Å²) in [4.78, 5) is 0. The molecule has 1 N–H and O–H groups in total. The van der Waals surface area contributed by atoms with Crippen LogP contribution in [0, 0.1) is 3.57 Å². The zero-order valence-electron chi connectivity index (χ0n) is 10.5. The Morgan fingerprint density at radius 3 is 2.89 bits per heavy atom. The summed E-state index contributed by atoms with van der Waals surface area (Å²) in [5, 5.41) is 8.05. The molecule has 3 heteroatoms. The van der Waals surface area contributed by atoms with Crippen molar-refractivity contribution < 1.29 is 0 Å². The van der Waals surface area contributed by atoms with Crippen molar-refractivity contribution in [3.63, 3.8) is 0 Å². The van der Waals surface area contributed by atoms with Crippen molar-refractivity contribution in [2.45, 2.75) is 25.8 Å². The van der Waals surface area contributed by atoms with Gasteiger partial charge in [-0.3, -0.25) is 0 Å². The molecule has 1 aromatic heterocycles. The van der Waals surface area contributed by atoms with Gasteiger partial charge in [-0.2, -0.15) is 11.3 Å². The van der Waals surface area contributed by atoms with Gasteiger partial charge in [-0.25, -0.2) is 0 Å². The van der Waals surface area contributed by atoms with E-state index >= 15 is 0 Å². The third-order valence-corrected chi connectivity index (χ3v) is 4.31. The molecule has 0 aliphatic carbocycles. The van der Waals surface area contributed by atoms with Crippen LogP contribution in [0.15, 0.2) is 41.1 Å². The maximum absolute atomic E-state index is 3.65. The Kier molecular flexibility index (Phi) is 5.66. The van der Waals surface area contributed by atoms with Crippen molar-refractivity contribution in [3.8, 4) is 0 Å². The van der Waals surface area contributed by atoms with Gasteiger partial charge < -0.3 is 5.32 Å². The number of hydrogen-bond donors (Lipinski definition) is 1. The Balaban J connectivity index is 2.13. The van der Waals surface area contributed by atoms with Gasteiger partial charge in [0, 0.05) is 9.61 Å². The van der Waals surface area contributed by atoms with Gasteiger partial charge in [-0.1, -0.05) is 19.1 Å². The molecule has 0 radical (unpaired) electrons. The van der Waals surface area contributed by atoms with E-state index in [1.54, 1.807) is 11.3 Å². The van der Waals surface area contributed by atoms with E-state index in [2.05, 4.69) is 75.9 Å². The van der Waals surface area contributed by atoms with Crippen LogP contribution in [0.5, 0.6) is 0 Å². The van der Waals surface area contributed by atoms with Gasteiger partial charge in [0.15, 0.2) is 0 Å². The topological polar surface area (TPSA) is 12.0 Å². The van der Waals surface area contributed by atoms with Gasteiger partial charge in [0.05, 0.1) is 0 Å². The molecular weight excluding hydrogens is 353 g/mol. The fraction of sp³-hybridized carbons (Fsp3) is 0.333. The Labute approximate surface area is 127 Å². The second-order valence-corrected chi connectivity index (χ2v) is 6.42. The molecule has 0 saturated carbocycles. The van der Waals surface area contributed by atoms with E-state index in [-0.39, 0.29) is 0 Å². The predicted molar refractivity (Wildman–Crippen MR) is 88.2 cm³/mol. The SMILES string of the molecule is CCCNC(Cc1ccsc1)c1cccc(I)c1. The lowest BCUT2D eigenvalue weighted by atomic mass is 10.0. The lowest BCUT2D eigenvalue weighted by molar-refractivity contribution is 0.529. The Morgan fingerprint density at radius 2 is 2.22 bits per heavy atom. The van der Waals surface area contributed by atoms with Gasteiger partial charge in [-0.15, -0.1) is 0 Å². The second-order valence-electron chi connectivity index (χ2n) is 4.40. The summed E-state index contributed by atoms with van der Waals surface area (Å²) in [7, 11) is 0. The minimum atomic E-state index is 0.425. The van der Waals surface area contributed by atoms with Crippen LogP contribution in [0.2, 0.25) is 0 Å². The van der Waals surface area contributed by atoms with Crippen molar-refractivity contribution >= 4 is 33.9 Å². The summed E-state index contributed by atoms with van der Waals surface area (Å²) in [6.45, 7) is 3.28. The average molecular weight is 371 g/mol. The molecule has 1 nitrogen and oxygen atoms in total. The molecule has 0 spiro atoms. The van der Waals surface area contributed by atoms with Crippen LogP contribution in [-0.2, 0) is 6.42 Å². The minimum Gasteiger partial charge on any atom is -0.310 e. The van der Waals surface area contributed by atoms with E-state index in [4.69, 9.17) is 0 Å². The number of rotatable bonds is 6. The van der Waals surface area contributed by atoms with E-state index in [1.165, 1.54) is 21.1 Å². The van der Waals surface area contributed by atoms with E-state index in [9.17, 15) is 0 Å². The van der Waals surface area contributed by atoms with Crippen molar-refractivity contribution in [1.82, 2.24) is 5.32 Å². The standard InChI is InChI=1S/C15H18INS/c1-2-7-17-15(9-12-6-8-18-11-12)13-4-3-5-14(16)10-13/h3-6,8,10-11,15,17H,2,7,9H2,1H3. The first-order valence-electron chi connectivity index (χ1n) is 6.29. The molecular formula is C15H18INS. The van der Waals surface area contributed by atoms with Crippen molar-refractivity contribution in [2.24, 2.45) is 0 Å². The quantitative estimate of drug-likeness (QED) is 0.730. The summed E-state index contributed by atoms with van der Waals surface area (Å²) >= 11 is 4.16. The molecule has 2 aromatic rings. The molecule has 0 fully saturated rings. The zero-order valence-corrected chi connectivity index (χ0v) is 13.5. The molecule has 0 aliphatic rings. The maximum atomic E-state index is 3.65. The third kappa shape index (κ3) is 4.07. The summed E-state index contributed by atoms with van der Waals surface area (Å²) in [6.07, 6.45) is 2.24. The zero-order chi connectivity index (χ0) is 12.8. The molecule has 0 amide bonds. The highest BCUT2D eigenvalue weighted by Crippen LogP contribution is 2.21. The Hall–Kier alpha value is -0.390. The highest BCUT2D eigenvalue weighted by Gasteiger charge is 2.11. The first-order valence-corrected chi connectivity index (χ1v) is 8.31. The number of nitrogens with one attached hydrogen (secondary N) is 1. The van der Waals surface area contributed by atoms with Gasteiger partial charge >= 0.3 is 0 Å². The number of benzene rings is 1. The molecule has 1 unspecified atom stereocenters. The molecule has 18 heavy (non-hydrogen) atoms. The monoisotopic (exact) mass is 371 g/mol. The molecule has 1 atom stereocenters. The van der Waals surface area contributed by atoms with Gasteiger partial charge in [0.25, 0.3) is 0 Å². The Bertz CT molecular complexity index is 467. The van der Waals surface area contributed by atoms with E-state index in [1.807, 2.05) is 0 Å². The van der Waals surface area contributed by atoms with Crippen LogP contribution in [0.1, 0.15) is 30.5 Å². The highest BCUT2D eigenvalue weighted by atomic mass is 127. The van der Waals surface area contributed by atoms with Crippen LogP contribution in [-0.4, -0.2) is 6.54 Å². The lowest BCUT2D eigenvalue weighted by Gasteiger charge is -2.19. The summed E-state index contributed by atoms with van der Waals surface area (Å²) < 4.78 is 1.30. The van der Waals surface area contributed by atoms with E-state index < -0.39 is 0 Å². The lowest BCUT2D eigenvalue weighted by Crippen LogP contribution is -2.24. The fourth-order valence-electron chi connectivity index (χ4n) is 1.99. The number of halogens is 1. The fourth-order valence-corrected chi connectivity index (χ4v) is 3.24. The minimum absolute atomic E-state index is 0.425. The summed E-state index contributed by atoms with van der Waals surface area (Å²) in [5.41, 5.74) is 2.81. The molecule has 2 rings (SSSR count). The molecule has 96 valence electrons. The van der Waals surface area contributed by atoms with Crippen molar-refractivity contribution in [3.05, 3.63) is 55.8 Å². The average Bonchev–Trinajstić information content (AvgIpc) is 2.87. The predicted octanol–water partition coefficient (Wildman–Crippen LogP) is 4.64. The smallest absolute Gasteiger partial charge is 0.0361 e. The van der Waals surface area contributed by atoms with E-state index in [0.29, 0.717) is 6.04 Å². The van der Waals surface area contributed by atoms with Gasteiger partial charge in [0.2, 0.25) is 0 Å². The maximum Gasteiger partial charge on any atom is 0.0361 e. The summed E-state index contributed by atoms with van der Waals surface area (Å²) in [6, 6.07) is 11.4.